The van der Waals surface area contributed by atoms with E-state index < -0.39 is 7.12 Å². The number of hydrogen-bond acceptors (Lipinski definition) is 4. The minimum absolute atomic E-state index is 0.237. The lowest BCUT2D eigenvalue weighted by molar-refractivity contribution is 0.273. The topological polar surface area (TPSA) is 69.9 Å². The summed E-state index contributed by atoms with van der Waals surface area (Å²) in [5.74, 6) is 0.518. The Hall–Kier alpha value is -1.04. The van der Waals surface area contributed by atoms with Crippen LogP contribution in [0.15, 0.2) is 24.3 Å². The zero-order valence-corrected chi connectivity index (χ0v) is 9.88. The predicted molar refractivity (Wildman–Crippen MR) is 67.3 cm³/mol. The smallest absolute Gasteiger partial charge is 0.492 e. The Morgan fingerprint density at radius 1 is 1.00 bits per heavy atom. The van der Waals surface area contributed by atoms with E-state index >= 15 is 0 Å². The fourth-order valence-electron chi connectivity index (χ4n) is 1.57. The van der Waals surface area contributed by atoms with E-state index in [2.05, 4.69) is 0 Å². The molecule has 0 saturated heterocycles. The molecule has 0 aliphatic heterocycles. The molecule has 0 aliphatic rings. The van der Waals surface area contributed by atoms with Crippen LogP contribution < -0.4 is 10.2 Å². The third kappa shape index (κ3) is 5.21. The second-order valence-electron chi connectivity index (χ2n) is 3.90. The molecule has 0 unspecified atom stereocenters. The molecule has 0 saturated carbocycles. The molecule has 4 nitrogen and oxygen atoms in total. The molecular formula is C12H19BO4. The van der Waals surface area contributed by atoms with Crippen LogP contribution in [-0.2, 0) is 0 Å². The van der Waals surface area contributed by atoms with Crippen molar-refractivity contribution in [1.29, 1.82) is 0 Å². The summed E-state index contributed by atoms with van der Waals surface area (Å²) in [7, 11) is -1.50. The summed E-state index contributed by atoms with van der Waals surface area (Å²) in [5, 5.41) is 26.9. The number of aliphatic hydroxyl groups excluding tert-OH is 1. The SMILES string of the molecule is OCCCCCCOc1ccccc1B(O)O. The number of rotatable bonds is 8. The van der Waals surface area contributed by atoms with Crippen molar-refractivity contribution in [3.05, 3.63) is 24.3 Å². The van der Waals surface area contributed by atoms with Gasteiger partial charge in [-0.05, 0) is 25.3 Å². The Bertz CT molecular complexity index is 317. The molecule has 0 heterocycles. The van der Waals surface area contributed by atoms with Gasteiger partial charge < -0.3 is 19.9 Å². The number of aliphatic hydroxyl groups is 1. The molecule has 94 valence electrons. The van der Waals surface area contributed by atoms with Crippen LogP contribution in [0.5, 0.6) is 5.75 Å². The second-order valence-corrected chi connectivity index (χ2v) is 3.90. The molecule has 0 aromatic heterocycles. The van der Waals surface area contributed by atoms with Crippen molar-refractivity contribution in [2.75, 3.05) is 13.2 Å². The molecule has 0 radical (unpaired) electrons. The quantitative estimate of drug-likeness (QED) is 0.450. The van der Waals surface area contributed by atoms with Crippen molar-refractivity contribution in [3.8, 4) is 5.75 Å². The lowest BCUT2D eigenvalue weighted by atomic mass is 9.79. The van der Waals surface area contributed by atoms with E-state index in [1.807, 2.05) is 0 Å². The number of unbranched alkanes of at least 4 members (excludes halogenated alkanes) is 3. The Kier molecular flexibility index (Phi) is 6.70. The number of ether oxygens (including phenoxy) is 1. The van der Waals surface area contributed by atoms with Crippen LogP contribution in [0.1, 0.15) is 25.7 Å². The van der Waals surface area contributed by atoms with E-state index in [4.69, 9.17) is 19.9 Å². The number of para-hydroxylation sites is 1. The largest absolute Gasteiger partial charge is 0.494 e. The van der Waals surface area contributed by atoms with Crippen LogP contribution in [0.3, 0.4) is 0 Å². The lowest BCUT2D eigenvalue weighted by Crippen LogP contribution is -2.31. The van der Waals surface area contributed by atoms with Crippen molar-refractivity contribution in [3.63, 3.8) is 0 Å². The van der Waals surface area contributed by atoms with Crippen molar-refractivity contribution >= 4 is 12.6 Å². The van der Waals surface area contributed by atoms with Gasteiger partial charge in [0.1, 0.15) is 5.75 Å². The van der Waals surface area contributed by atoms with Gasteiger partial charge in [-0.3, -0.25) is 0 Å². The molecule has 1 aromatic rings. The zero-order chi connectivity index (χ0) is 12.5. The van der Waals surface area contributed by atoms with E-state index in [1.165, 1.54) is 0 Å². The Labute approximate surface area is 102 Å². The standard InChI is InChI=1S/C12H19BO4/c14-9-5-1-2-6-10-17-12-8-4-3-7-11(12)13(15)16/h3-4,7-8,14-16H,1-2,5-6,9-10H2. The molecule has 0 bridgehead atoms. The summed E-state index contributed by atoms with van der Waals surface area (Å²) < 4.78 is 5.50. The summed E-state index contributed by atoms with van der Waals surface area (Å²) in [6.07, 6.45) is 3.72. The molecule has 0 atom stereocenters. The first-order chi connectivity index (χ1) is 8.25. The van der Waals surface area contributed by atoms with Gasteiger partial charge in [0, 0.05) is 12.1 Å². The average molecular weight is 238 g/mol. The molecule has 0 aliphatic carbocycles. The van der Waals surface area contributed by atoms with Gasteiger partial charge >= 0.3 is 7.12 Å². The summed E-state index contributed by atoms with van der Waals surface area (Å²) in [5.41, 5.74) is 0.392. The van der Waals surface area contributed by atoms with Crippen molar-refractivity contribution in [2.24, 2.45) is 0 Å². The monoisotopic (exact) mass is 238 g/mol. The average Bonchev–Trinajstić information content (AvgIpc) is 2.34. The van der Waals surface area contributed by atoms with E-state index in [0.29, 0.717) is 17.8 Å². The van der Waals surface area contributed by atoms with Gasteiger partial charge in [-0.2, -0.15) is 0 Å². The van der Waals surface area contributed by atoms with Crippen LogP contribution >= 0.6 is 0 Å². The minimum Gasteiger partial charge on any atom is -0.494 e. The molecule has 0 amide bonds. The van der Waals surface area contributed by atoms with Crippen LogP contribution in [0.4, 0.5) is 0 Å². The van der Waals surface area contributed by atoms with Crippen LogP contribution in [-0.4, -0.2) is 35.5 Å². The molecule has 3 N–H and O–H groups in total. The molecule has 0 fully saturated rings. The normalized spacial score (nSPS) is 10.3. The second kappa shape index (κ2) is 8.11. The first-order valence-corrected chi connectivity index (χ1v) is 5.94. The molecular weight excluding hydrogens is 219 g/mol. The Balaban J connectivity index is 2.31. The van der Waals surface area contributed by atoms with Gasteiger partial charge in [-0.1, -0.05) is 24.6 Å². The van der Waals surface area contributed by atoms with Crippen LogP contribution in [0.25, 0.3) is 0 Å². The molecule has 5 heteroatoms. The van der Waals surface area contributed by atoms with E-state index in [9.17, 15) is 0 Å². The number of hydrogen-bond donors (Lipinski definition) is 3. The van der Waals surface area contributed by atoms with Gasteiger partial charge in [0.05, 0.1) is 6.61 Å². The van der Waals surface area contributed by atoms with Crippen LogP contribution in [0, 0.1) is 0 Å². The first-order valence-electron chi connectivity index (χ1n) is 5.94. The van der Waals surface area contributed by atoms with Gasteiger partial charge in [0.25, 0.3) is 0 Å². The summed E-state index contributed by atoms with van der Waals surface area (Å²) in [6.45, 7) is 0.787. The van der Waals surface area contributed by atoms with Gasteiger partial charge in [-0.15, -0.1) is 0 Å². The molecule has 1 aromatic carbocycles. The fraction of sp³-hybridized carbons (Fsp3) is 0.500. The maximum atomic E-state index is 9.12. The molecule has 17 heavy (non-hydrogen) atoms. The summed E-state index contributed by atoms with van der Waals surface area (Å²) in [4.78, 5) is 0. The Morgan fingerprint density at radius 3 is 2.41 bits per heavy atom. The van der Waals surface area contributed by atoms with Gasteiger partial charge in [0.15, 0.2) is 0 Å². The van der Waals surface area contributed by atoms with E-state index in [1.54, 1.807) is 24.3 Å². The highest BCUT2D eigenvalue weighted by Crippen LogP contribution is 2.08. The van der Waals surface area contributed by atoms with Crippen LogP contribution in [0.2, 0.25) is 0 Å². The fourth-order valence-corrected chi connectivity index (χ4v) is 1.57. The maximum Gasteiger partial charge on any atom is 0.492 e. The van der Waals surface area contributed by atoms with Gasteiger partial charge in [0.2, 0.25) is 0 Å². The maximum absolute atomic E-state index is 9.12. The van der Waals surface area contributed by atoms with Gasteiger partial charge in [-0.25, -0.2) is 0 Å². The zero-order valence-electron chi connectivity index (χ0n) is 9.88. The van der Waals surface area contributed by atoms with E-state index in [-0.39, 0.29) is 6.61 Å². The minimum atomic E-state index is -1.50. The summed E-state index contributed by atoms with van der Waals surface area (Å²) >= 11 is 0. The third-order valence-electron chi connectivity index (χ3n) is 2.51. The third-order valence-corrected chi connectivity index (χ3v) is 2.51. The number of benzene rings is 1. The Morgan fingerprint density at radius 2 is 1.71 bits per heavy atom. The first kappa shape index (κ1) is 14.0. The molecule has 0 spiro atoms. The predicted octanol–water partition coefficient (Wildman–Crippen LogP) is 0.298. The highest BCUT2D eigenvalue weighted by Gasteiger charge is 2.15. The van der Waals surface area contributed by atoms with Crippen molar-refractivity contribution < 1.29 is 19.9 Å². The highest BCUT2D eigenvalue weighted by atomic mass is 16.5. The van der Waals surface area contributed by atoms with Crippen molar-refractivity contribution in [2.45, 2.75) is 25.7 Å². The highest BCUT2D eigenvalue weighted by molar-refractivity contribution is 6.59. The van der Waals surface area contributed by atoms with E-state index in [0.717, 1.165) is 25.7 Å². The lowest BCUT2D eigenvalue weighted by Gasteiger charge is -2.10. The summed E-state index contributed by atoms with van der Waals surface area (Å²) in [6, 6.07) is 6.89. The van der Waals surface area contributed by atoms with Crippen molar-refractivity contribution in [1.82, 2.24) is 0 Å². The molecule has 1 rings (SSSR count).